The number of anilines is 1. The van der Waals surface area contributed by atoms with Crippen LogP contribution in [0.25, 0.3) is 0 Å². The van der Waals surface area contributed by atoms with Crippen molar-refractivity contribution >= 4 is 81.2 Å². The Morgan fingerprint density at radius 2 is 2.17 bits per heavy atom. The van der Waals surface area contributed by atoms with Gasteiger partial charge in [-0.05, 0) is 11.6 Å². The standard InChI is InChI=1S/C23H26FN9O5S4/c24-2-5-38-32-15(12-9-41-23(27)30-12)18(34)31-16-19(35)33-17(21(36)37)14(10-40-20(16)33)42-13-1-3-28-7-11(13)8-39-6-4-29-22(25)26/h1,3,7,9,16,20H,2,4-6,8,10H2,(H2,27,30)(H,31,34)(H,36,37)(H4,25,26,29)/t16-,20+/m1/s1. The number of fused-ring (bicyclic) bond motifs is 1. The quantitative estimate of drug-likeness (QED) is 0.0625. The molecule has 4 rings (SSSR count). The topological polar surface area (TPSA) is 224 Å². The Bertz CT molecular complexity index is 1430. The van der Waals surface area contributed by atoms with Crippen molar-refractivity contribution in [3.63, 3.8) is 0 Å². The molecule has 2 atom stereocenters. The van der Waals surface area contributed by atoms with Gasteiger partial charge < -0.3 is 32.5 Å². The van der Waals surface area contributed by atoms with E-state index < -0.39 is 35.9 Å². The number of carbonyl (C=O) groups is 3. The molecule has 2 aromatic rings. The van der Waals surface area contributed by atoms with Crippen molar-refractivity contribution in [2.24, 2.45) is 21.6 Å². The van der Waals surface area contributed by atoms with Crippen molar-refractivity contribution in [1.82, 2.24) is 20.2 Å². The summed E-state index contributed by atoms with van der Waals surface area (Å²) in [5.74, 6) is -1.06. The third kappa shape index (κ3) is 7.44. The second-order valence-electron chi connectivity index (χ2n) is 8.42. The zero-order valence-corrected chi connectivity index (χ0v) is 25.0. The second-order valence-corrected chi connectivity index (χ2v) is 12.7. The molecular weight excluding hydrogens is 630 g/mol. The highest BCUT2D eigenvalue weighted by Crippen LogP contribution is 2.45. The smallest absolute Gasteiger partial charge is 0.353 e. The number of nitrogen functional groups attached to an aromatic ring is 1. The third-order valence-electron chi connectivity index (χ3n) is 5.61. The number of β-lactam (4-membered cyclic amide) rings is 1. The van der Waals surface area contributed by atoms with Crippen LogP contribution in [-0.2, 0) is 25.0 Å². The number of hydrogen-bond acceptors (Lipinski definition) is 13. The average molecular weight is 656 g/mol. The number of thiazole rings is 1. The van der Waals surface area contributed by atoms with Crippen LogP contribution < -0.4 is 22.5 Å². The number of aromatic nitrogens is 2. The zero-order chi connectivity index (χ0) is 30.2. The number of alkyl halides is 1. The summed E-state index contributed by atoms with van der Waals surface area (Å²) in [7, 11) is 0. The molecule has 2 aromatic heterocycles. The summed E-state index contributed by atoms with van der Waals surface area (Å²) < 4.78 is 12.5. The fraction of sp³-hybridized carbons (Fsp3) is 0.348. The van der Waals surface area contributed by atoms with E-state index in [-0.39, 0.29) is 40.6 Å². The molecule has 19 heteroatoms. The van der Waals surface area contributed by atoms with Gasteiger partial charge in [0.15, 0.2) is 16.8 Å². The number of guanidine groups is 1. The van der Waals surface area contributed by atoms with Crippen LogP contribution in [0.15, 0.2) is 49.5 Å². The van der Waals surface area contributed by atoms with E-state index in [0.717, 1.165) is 21.8 Å². The maximum absolute atomic E-state index is 13.2. The van der Waals surface area contributed by atoms with Crippen molar-refractivity contribution < 1.29 is 28.7 Å². The predicted molar refractivity (Wildman–Crippen MR) is 162 cm³/mol. The van der Waals surface area contributed by atoms with Crippen molar-refractivity contribution in [3.8, 4) is 0 Å². The summed E-state index contributed by atoms with van der Waals surface area (Å²) in [5.41, 5.74) is 16.9. The van der Waals surface area contributed by atoms with Crippen LogP contribution in [-0.4, -0.2) is 92.2 Å². The van der Waals surface area contributed by atoms with Gasteiger partial charge in [-0.3, -0.25) is 24.5 Å². The van der Waals surface area contributed by atoms with E-state index in [1.807, 2.05) is 0 Å². The Kier molecular flexibility index (Phi) is 10.9. The molecule has 4 heterocycles. The van der Waals surface area contributed by atoms with Crippen LogP contribution in [0, 0.1) is 0 Å². The Balaban J connectivity index is 1.48. The van der Waals surface area contributed by atoms with Crippen LogP contribution in [0.4, 0.5) is 9.52 Å². The number of oxime groups is 1. The largest absolute Gasteiger partial charge is 0.477 e. The van der Waals surface area contributed by atoms with E-state index in [4.69, 9.17) is 22.0 Å². The summed E-state index contributed by atoms with van der Waals surface area (Å²) >= 11 is 5.24. The SMILES string of the molecule is NC(N)=NCCSCc1cnccc1SC1=C(C(=O)O)N2C(=O)[C@@H](NC(=O)C(=NOCCF)c3csc(N)n3)[C@@H]2SC1. The lowest BCUT2D eigenvalue weighted by atomic mass is 10.0. The molecule has 1 saturated heterocycles. The number of hydrogen-bond donors (Lipinski definition) is 5. The molecule has 2 aliphatic heterocycles. The minimum Gasteiger partial charge on any atom is -0.477 e. The predicted octanol–water partition coefficient (Wildman–Crippen LogP) is 0.806. The minimum absolute atomic E-state index is 0.0256. The molecule has 14 nitrogen and oxygen atoms in total. The van der Waals surface area contributed by atoms with Crippen LogP contribution in [0.5, 0.6) is 0 Å². The van der Waals surface area contributed by atoms with Gasteiger partial charge in [0.05, 0.1) is 6.54 Å². The highest BCUT2D eigenvalue weighted by Gasteiger charge is 2.54. The van der Waals surface area contributed by atoms with Crippen molar-refractivity contribution in [3.05, 3.63) is 45.7 Å². The van der Waals surface area contributed by atoms with Gasteiger partial charge >= 0.3 is 5.97 Å². The number of aliphatic carboxylic acids is 1. The van der Waals surface area contributed by atoms with Gasteiger partial charge in [0, 0.05) is 44.8 Å². The van der Waals surface area contributed by atoms with Crippen LogP contribution in [0.3, 0.4) is 0 Å². The Morgan fingerprint density at radius 3 is 2.86 bits per heavy atom. The lowest BCUT2D eigenvalue weighted by molar-refractivity contribution is -0.150. The van der Waals surface area contributed by atoms with Gasteiger partial charge in [-0.25, -0.2) is 14.2 Å². The number of rotatable bonds is 14. The monoisotopic (exact) mass is 655 g/mol. The molecule has 0 radical (unpaired) electrons. The average Bonchev–Trinajstić information content (AvgIpc) is 3.39. The molecule has 8 N–H and O–H groups in total. The molecule has 0 aromatic carbocycles. The zero-order valence-electron chi connectivity index (χ0n) is 21.8. The molecule has 224 valence electrons. The maximum atomic E-state index is 13.2. The molecule has 0 unspecified atom stereocenters. The molecule has 0 saturated carbocycles. The van der Waals surface area contributed by atoms with E-state index in [2.05, 4.69) is 25.4 Å². The number of nitrogens with zero attached hydrogens (tertiary/aromatic N) is 5. The molecule has 0 aliphatic carbocycles. The van der Waals surface area contributed by atoms with E-state index in [9.17, 15) is 23.9 Å². The molecule has 2 aliphatic rings. The summed E-state index contributed by atoms with van der Waals surface area (Å²) in [5, 5.41) is 17.3. The number of aliphatic imine (C=N–C) groups is 1. The highest BCUT2D eigenvalue weighted by atomic mass is 32.2. The Labute approximate surface area is 255 Å². The molecule has 1 fully saturated rings. The number of nitrogens with two attached hydrogens (primary N) is 3. The lowest BCUT2D eigenvalue weighted by Gasteiger charge is -2.49. The normalized spacial score (nSPS) is 18.3. The fourth-order valence-corrected chi connectivity index (χ4v) is 7.82. The van der Waals surface area contributed by atoms with Gasteiger partial charge in [-0.2, -0.15) is 11.8 Å². The van der Waals surface area contributed by atoms with E-state index in [0.29, 0.717) is 23.0 Å². The molecule has 42 heavy (non-hydrogen) atoms. The third-order valence-corrected chi connectivity index (χ3v) is 9.93. The molecular formula is C23H26FN9O5S4. The summed E-state index contributed by atoms with van der Waals surface area (Å²) in [6.07, 6.45) is 3.32. The first kappa shape index (κ1) is 31.4. The van der Waals surface area contributed by atoms with Gasteiger partial charge in [0.1, 0.15) is 36.1 Å². The van der Waals surface area contributed by atoms with Crippen LogP contribution in [0.2, 0.25) is 0 Å². The van der Waals surface area contributed by atoms with Crippen LogP contribution in [0.1, 0.15) is 11.3 Å². The van der Waals surface area contributed by atoms with Gasteiger partial charge in [-0.15, -0.1) is 23.1 Å². The Morgan fingerprint density at radius 1 is 1.36 bits per heavy atom. The number of halogens is 1. The van der Waals surface area contributed by atoms with E-state index >= 15 is 0 Å². The van der Waals surface area contributed by atoms with Crippen LogP contribution >= 0.6 is 46.6 Å². The minimum atomic E-state index is -1.26. The first-order valence-corrected chi connectivity index (χ1v) is 16.0. The molecule has 2 amide bonds. The molecule has 0 bridgehead atoms. The van der Waals surface area contributed by atoms with E-state index in [1.165, 1.54) is 33.8 Å². The van der Waals surface area contributed by atoms with Gasteiger partial charge in [-0.1, -0.05) is 16.9 Å². The summed E-state index contributed by atoms with van der Waals surface area (Å²) in [6.45, 7) is -0.739. The van der Waals surface area contributed by atoms with Crippen molar-refractivity contribution in [2.45, 2.75) is 22.1 Å². The number of nitrogens with one attached hydrogen (secondary N) is 1. The Hall–Kier alpha value is -3.55. The number of amides is 2. The van der Waals surface area contributed by atoms with Gasteiger partial charge in [0.25, 0.3) is 11.8 Å². The first-order chi connectivity index (χ1) is 20.2. The van der Waals surface area contributed by atoms with Crippen molar-refractivity contribution in [1.29, 1.82) is 0 Å². The second kappa shape index (κ2) is 14.6. The molecule has 0 spiro atoms. The number of carboxylic acids is 1. The summed E-state index contributed by atoms with van der Waals surface area (Å²) in [6, 6.07) is 0.765. The highest BCUT2D eigenvalue weighted by molar-refractivity contribution is 8.06. The fourth-order valence-electron chi connectivity index (χ4n) is 3.80. The number of carboxylic acid groups (broad SMARTS) is 1. The number of pyridine rings is 1. The van der Waals surface area contributed by atoms with Crippen molar-refractivity contribution in [2.75, 3.05) is 37.1 Å². The maximum Gasteiger partial charge on any atom is 0.353 e. The summed E-state index contributed by atoms with van der Waals surface area (Å²) in [4.78, 5) is 58.0. The lowest BCUT2D eigenvalue weighted by Crippen LogP contribution is -2.71. The first-order valence-electron chi connectivity index (χ1n) is 12.1. The number of carbonyl (C=O) groups excluding carboxylic acids is 2. The number of thioether (sulfide) groups is 3. The van der Waals surface area contributed by atoms with E-state index in [1.54, 1.807) is 30.2 Å². The van der Waals surface area contributed by atoms with Gasteiger partial charge in [0.2, 0.25) is 0 Å².